The summed E-state index contributed by atoms with van der Waals surface area (Å²) >= 11 is 0. The van der Waals surface area contributed by atoms with Crippen LogP contribution in [0, 0.1) is 6.92 Å². The molecule has 1 aliphatic rings. The van der Waals surface area contributed by atoms with Crippen molar-refractivity contribution in [3.63, 3.8) is 0 Å². The molecule has 3 aromatic heterocycles. The van der Waals surface area contributed by atoms with Gasteiger partial charge in [0.05, 0.1) is 29.4 Å². The predicted molar refractivity (Wildman–Crippen MR) is 94.2 cm³/mol. The van der Waals surface area contributed by atoms with Crippen molar-refractivity contribution in [2.45, 2.75) is 25.8 Å². The monoisotopic (exact) mass is 334 g/mol. The molecule has 0 amide bonds. The van der Waals surface area contributed by atoms with Crippen molar-refractivity contribution >= 4 is 22.2 Å². The summed E-state index contributed by atoms with van der Waals surface area (Å²) in [5.41, 5.74) is 5.56. The minimum absolute atomic E-state index is 0.463. The van der Waals surface area contributed by atoms with Crippen LogP contribution < -0.4 is 0 Å². The van der Waals surface area contributed by atoms with Crippen molar-refractivity contribution in [3.8, 4) is 11.3 Å². The van der Waals surface area contributed by atoms with E-state index < -0.39 is 0 Å². The van der Waals surface area contributed by atoms with Crippen LogP contribution in [0.25, 0.3) is 33.5 Å². The molecule has 7 heteroatoms. The number of rotatable bonds is 2. The van der Waals surface area contributed by atoms with E-state index in [0.29, 0.717) is 17.5 Å². The molecular formula is C18H18N6O. The first-order chi connectivity index (χ1) is 12.3. The highest BCUT2D eigenvalue weighted by Gasteiger charge is 2.18. The summed E-state index contributed by atoms with van der Waals surface area (Å²) in [6, 6.07) is 6.78. The van der Waals surface area contributed by atoms with Crippen molar-refractivity contribution in [1.82, 2.24) is 29.5 Å². The maximum Gasteiger partial charge on any atom is 0.181 e. The van der Waals surface area contributed by atoms with E-state index in [4.69, 9.17) is 4.74 Å². The number of fused-ring (bicyclic) bond motifs is 2. The number of H-pyrrole nitrogens is 1. The Kier molecular flexibility index (Phi) is 3.27. The number of aromatic amines is 1. The van der Waals surface area contributed by atoms with E-state index in [1.807, 2.05) is 13.3 Å². The average molecular weight is 334 g/mol. The van der Waals surface area contributed by atoms with Gasteiger partial charge in [0.15, 0.2) is 5.65 Å². The molecule has 0 aliphatic carbocycles. The molecule has 1 aromatic carbocycles. The van der Waals surface area contributed by atoms with Crippen LogP contribution >= 0.6 is 0 Å². The summed E-state index contributed by atoms with van der Waals surface area (Å²) < 4.78 is 7.75. The van der Waals surface area contributed by atoms with Gasteiger partial charge in [-0.15, -0.1) is 0 Å². The first kappa shape index (κ1) is 14.5. The number of aryl methyl sites for hydroxylation is 1. The van der Waals surface area contributed by atoms with E-state index in [1.54, 1.807) is 6.33 Å². The van der Waals surface area contributed by atoms with Gasteiger partial charge in [-0.05, 0) is 31.9 Å². The quantitative estimate of drug-likeness (QED) is 0.609. The number of hydrogen-bond donors (Lipinski definition) is 1. The number of hydrogen-bond acceptors (Lipinski definition) is 5. The van der Waals surface area contributed by atoms with Gasteiger partial charge in [0.25, 0.3) is 0 Å². The number of nitrogens with one attached hydrogen (secondary N) is 1. The molecule has 0 radical (unpaired) electrons. The number of imidazole rings is 2. The highest BCUT2D eigenvalue weighted by atomic mass is 16.5. The molecule has 1 saturated heterocycles. The van der Waals surface area contributed by atoms with Crippen LogP contribution in [-0.4, -0.2) is 42.7 Å². The van der Waals surface area contributed by atoms with Crippen molar-refractivity contribution < 1.29 is 4.74 Å². The molecule has 4 heterocycles. The lowest BCUT2D eigenvalue weighted by Gasteiger charge is -2.23. The Balaban J connectivity index is 1.62. The van der Waals surface area contributed by atoms with Crippen molar-refractivity contribution in [2.75, 3.05) is 13.2 Å². The second-order valence-electron chi connectivity index (χ2n) is 6.42. The van der Waals surface area contributed by atoms with E-state index in [2.05, 4.69) is 47.7 Å². The third-order valence-electron chi connectivity index (χ3n) is 4.83. The summed E-state index contributed by atoms with van der Waals surface area (Å²) in [6.07, 6.45) is 5.67. The van der Waals surface area contributed by atoms with E-state index in [1.165, 1.54) is 0 Å². The van der Waals surface area contributed by atoms with Crippen LogP contribution in [0.1, 0.15) is 24.7 Å². The van der Waals surface area contributed by atoms with Gasteiger partial charge in [-0.3, -0.25) is 0 Å². The number of aromatic nitrogens is 6. The minimum atomic E-state index is 0.463. The zero-order valence-electron chi connectivity index (χ0n) is 13.9. The minimum Gasteiger partial charge on any atom is -0.381 e. The highest BCUT2D eigenvalue weighted by molar-refractivity contribution is 5.90. The lowest BCUT2D eigenvalue weighted by atomic mass is 10.1. The molecule has 0 bridgehead atoms. The van der Waals surface area contributed by atoms with Crippen LogP contribution in [0.4, 0.5) is 0 Å². The standard InChI is InChI=1S/C18H18N6O/c1-11-22-16(17-18(23-11)20-9-19-17)12-2-3-15-14(8-12)21-10-24(15)13-4-6-25-7-5-13/h2-3,8-10,13H,4-7H2,1H3,(H,19,20,22,23). The number of benzene rings is 1. The molecule has 0 saturated carbocycles. The SMILES string of the molecule is Cc1nc(-c2ccc3c(c2)ncn3C2CCOCC2)c2[nH]cnc2n1. The van der Waals surface area contributed by atoms with Crippen molar-refractivity contribution in [1.29, 1.82) is 0 Å². The molecule has 0 spiro atoms. The number of nitrogens with zero attached hydrogens (tertiary/aromatic N) is 5. The van der Waals surface area contributed by atoms with Gasteiger partial charge in [0.1, 0.15) is 11.3 Å². The lowest BCUT2D eigenvalue weighted by molar-refractivity contribution is 0.0706. The predicted octanol–water partition coefficient (Wildman–Crippen LogP) is 3.03. The van der Waals surface area contributed by atoms with E-state index in [-0.39, 0.29) is 0 Å². The van der Waals surface area contributed by atoms with E-state index >= 15 is 0 Å². The summed E-state index contributed by atoms with van der Waals surface area (Å²) in [5, 5.41) is 0. The van der Waals surface area contributed by atoms with Gasteiger partial charge in [-0.1, -0.05) is 6.07 Å². The second-order valence-corrected chi connectivity index (χ2v) is 6.42. The van der Waals surface area contributed by atoms with Gasteiger partial charge in [-0.25, -0.2) is 19.9 Å². The lowest BCUT2D eigenvalue weighted by Crippen LogP contribution is -2.18. The zero-order valence-corrected chi connectivity index (χ0v) is 13.9. The van der Waals surface area contributed by atoms with Crippen molar-refractivity contribution in [3.05, 3.63) is 36.7 Å². The third-order valence-corrected chi connectivity index (χ3v) is 4.83. The molecule has 1 fully saturated rings. The maximum atomic E-state index is 5.47. The average Bonchev–Trinajstić information content (AvgIpc) is 3.27. The Morgan fingerprint density at radius 3 is 2.92 bits per heavy atom. The van der Waals surface area contributed by atoms with E-state index in [9.17, 15) is 0 Å². The first-order valence-corrected chi connectivity index (χ1v) is 8.52. The van der Waals surface area contributed by atoms with Crippen LogP contribution in [0.2, 0.25) is 0 Å². The topological polar surface area (TPSA) is 81.5 Å². The van der Waals surface area contributed by atoms with Crippen LogP contribution in [0.15, 0.2) is 30.9 Å². The summed E-state index contributed by atoms with van der Waals surface area (Å²) in [4.78, 5) is 21.0. The largest absolute Gasteiger partial charge is 0.381 e. The third kappa shape index (κ3) is 2.39. The Morgan fingerprint density at radius 2 is 2.04 bits per heavy atom. The van der Waals surface area contributed by atoms with Crippen LogP contribution in [0.3, 0.4) is 0 Å². The normalized spacial score (nSPS) is 16.0. The summed E-state index contributed by atoms with van der Waals surface area (Å²) in [7, 11) is 0. The van der Waals surface area contributed by atoms with Gasteiger partial charge in [0, 0.05) is 24.8 Å². The highest BCUT2D eigenvalue weighted by Crippen LogP contribution is 2.30. The molecule has 4 aromatic rings. The van der Waals surface area contributed by atoms with Crippen molar-refractivity contribution in [2.24, 2.45) is 0 Å². The second kappa shape index (κ2) is 5.63. The Bertz CT molecular complexity index is 1060. The molecule has 7 nitrogen and oxygen atoms in total. The molecule has 0 atom stereocenters. The fourth-order valence-electron chi connectivity index (χ4n) is 3.58. The van der Waals surface area contributed by atoms with E-state index in [0.717, 1.165) is 53.9 Å². The smallest absolute Gasteiger partial charge is 0.181 e. The van der Waals surface area contributed by atoms with Gasteiger partial charge < -0.3 is 14.3 Å². The molecular weight excluding hydrogens is 316 g/mol. The zero-order chi connectivity index (χ0) is 16.8. The molecule has 1 N–H and O–H groups in total. The first-order valence-electron chi connectivity index (χ1n) is 8.52. The Hall–Kier alpha value is -2.80. The Labute approximate surface area is 144 Å². The fraction of sp³-hybridized carbons (Fsp3) is 0.333. The molecule has 5 rings (SSSR count). The number of ether oxygens (including phenoxy) is 1. The van der Waals surface area contributed by atoms with Crippen LogP contribution in [0.5, 0.6) is 0 Å². The summed E-state index contributed by atoms with van der Waals surface area (Å²) in [6.45, 7) is 3.52. The Morgan fingerprint density at radius 1 is 1.16 bits per heavy atom. The maximum absolute atomic E-state index is 5.47. The summed E-state index contributed by atoms with van der Waals surface area (Å²) in [5.74, 6) is 0.711. The van der Waals surface area contributed by atoms with Gasteiger partial charge >= 0.3 is 0 Å². The molecule has 25 heavy (non-hydrogen) atoms. The molecule has 126 valence electrons. The van der Waals surface area contributed by atoms with Gasteiger partial charge in [-0.2, -0.15) is 0 Å². The van der Waals surface area contributed by atoms with Gasteiger partial charge in [0.2, 0.25) is 0 Å². The van der Waals surface area contributed by atoms with Crippen LogP contribution in [-0.2, 0) is 4.74 Å². The molecule has 0 unspecified atom stereocenters. The fourth-order valence-corrected chi connectivity index (χ4v) is 3.58. The molecule has 1 aliphatic heterocycles.